The molecule has 0 aromatic carbocycles. The molecule has 3 rings (SSSR count). The molecule has 2 saturated carbocycles. The van der Waals surface area contributed by atoms with Gasteiger partial charge in [-0.05, 0) is 50.9 Å². The van der Waals surface area contributed by atoms with Crippen molar-refractivity contribution in [2.24, 2.45) is 24.8 Å². The monoisotopic (exact) mass is 261 g/mol. The lowest BCUT2D eigenvalue weighted by molar-refractivity contribution is 0.0914. The molecule has 0 saturated heterocycles. The summed E-state index contributed by atoms with van der Waals surface area (Å²) in [6.45, 7) is 4.10. The topological polar surface area (TPSA) is 46.9 Å². The fourth-order valence-electron chi connectivity index (χ4n) is 4.02. The number of aromatic nitrogens is 2. The minimum atomic E-state index is 0.0286. The Bertz CT molecular complexity index is 494. The molecule has 104 valence electrons. The molecule has 2 bridgehead atoms. The van der Waals surface area contributed by atoms with Crippen molar-refractivity contribution >= 4 is 5.91 Å². The summed E-state index contributed by atoms with van der Waals surface area (Å²) in [6, 6.07) is 0.280. The van der Waals surface area contributed by atoms with E-state index in [1.165, 1.54) is 25.7 Å². The van der Waals surface area contributed by atoms with E-state index in [4.69, 9.17) is 0 Å². The summed E-state index contributed by atoms with van der Waals surface area (Å²) in [7, 11) is 1.87. The molecule has 1 amide bonds. The van der Waals surface area contributed by atoms with E-state index in [1.54, 1.807) is 10.9 Å². The summed E-state index contributed by atoms with van der Waals surface area (Å²) in [6.07, 6.45) is 7.12. The summed E-state index contributed by atoms with van der Waals surface area (Å²) in [5.74, 6) is 2.48. The van der Waals surface area contributed by atoms with Crippen LogP contribution in [0.15, 0.2) is 6.20 Å². The molecular formula is C15H23N3O. The van der Waals surface area contributed by atoms with Crippen molar-refractivity contribution in [3.05, 3.63) is 17.5 Å². The zero-order valence-electron chi connectivity index (χ0n) is 12.0. The molecule has 1 aromatic rings. The van der Waals surface area contributed by atoms with Crippen LogP contribution in [0.4, 0.5) is 0 Å². The number of hydrogen-bond acceptors (Lipinski definition) is 2. The van der Waals surface area contributed by atoms with Gasteiger partial charge in [-0.15, -0.1) is 0 Å². The van der Waals surface area contributed by atoms with Gasteiger partial charge in [0, 0.05) is 18.8 Å². The van der Waals surface area contributed by atoms with Crippen LogP contribution in [0.25, 0.3) is 0 Å². The second kappa shape index (κ2) is 4.66. The number of fused-ring (bicyclic) bond motifs is 2. The standard InChI is InChI=1S/C15H23N3O/c1-9(13-7-11-4-5-12(13)6-11)17-15(19)14-8-16-18(3)10(14)2/h8-9,11-13H,4-7H2,1-3H3,(H,17,19). The van der Waals surface area contributed by atoms with E-state index < -0.39 is 0 Å². The Morgan fingerprint density at radius 2 is 2.26 bits per heavy atom. The minimum Gasteiger partial charge on any atom is -0.349 e. The SMILES string of the molecule is Cc1c(C(=O)NC(C)C2CC3CCC2C3)cnn1C. The van der Waals surface area contributed by atoms with E-state index in [9.17, 15) is 4.79 Å². The molecule has 4 nitrogen and oxygen atoms in total. The van der Waals surface area contributed by atoms with Gasteiger partial charge in [-0.2, -0.15) is 5.10 Å². The molecule has 2 fully saturated rings. The van der Waals surface area contributed by atoms with Gasteiger partial charge in [0.2, 0.25) is 0 Å². The Hall–Kier alpha value is -1.32. The molecule has 4 unspecified atom stereocenters. The maximum absolute atomic E-state index is 12.3. The molecule has 1 aromatic heterocycles. The van der Waals surface area contributed by atoms with E-state index in [0.29, 0.717) is 11.5 Å². The zero-order valence-corrected chi connectivity index (χ0v) is 12.0. The van der Waals surface area contributed by atoms with Crippen molar-refractivity contribution in [2.75, 3.05) is 0 Å². The average molecular weight is 261 g/mol. The average Bonchev–Trinajstić information content (AvgIpc) is 3.06. The lowest BCUT2D eigenvalue weighted by Crippen LogP contribution is -2.40. The van der Waals surface area contributed by atoms with Crippen LogP contribution in [0.5, 0.6) is 0 Å². The number of carbonyl (C=O) groups excluding carboxylic acids is 1. The first kappa shape index (κ1) is 12.7. The molecule has 0 radical (unpaired) electrons. The van der Waals surface area contributed by atoms with Crippen LogP contribution in [0, 0.1) is 24.7 Å². The van der Waals surface area contributed by atoms with Gasteiger partial charge in [-0.3, -0.25) is 9.48 Å². The zero-order chi connectivity index (χ0) is 13.6. The first-order chi connectivity index (χ1) is 9.06. The van der Waals surface area contributed by atoms with Crippen LogP contribution >= 0.6 is 0 Å². The molecule has 0 spiro atoms. The highest BCUT2D eigenvalue weighted by Crippen LogP contribution is 2.49. The highest BCUT2D eigenvalue weighted by Gasteiger charge is 2.42. The van der Waals surface area contributed by atoms with Gasteiger partial charge in [-0.25, -0.2) is 0 Å². The van der Waals surface area contributed by atoms with Crippen LogP contribution in [0.3, 0.4) is 0 Å². The van der Waals surface area contributed by atoms with Crippen molar-refractivity contribution in [1.82, 2.24) is 15.1 Å². The molecule has 2 aliphatic rings. The van der Waals surface area contributed by atoms with Gasteiger partial charge in [-0.1, -0.05) is 6.42 Å². The number of amides is 1. The molecular weight excluding hydrogens is 238 g/mol. The maximum Gasteiger partial charge on any atom is 0.254 e. The van der Waals surface area contributed by atoms with Crippen molar-refractivity contribution < 1.29 is 4.79 Å². The summed E-state index contributed by atoms with van der Waals surface area (Å²) in [4.78, 5) is 12.3. The van der Waals surface area contributed by atoms with Crippen LogP contribution in [-0.4, -0.2) is 21.7 Å². The van der Waals surface area contributed by atoms with E-state index >= 15 is 0 Å². The van der Waals surface area contributed by atoms with E-state index in [2.05, 4.69) is 17.3 Å². The van der Waals surface area contributed by atoms with Gasteiger partial charge < -0.3 is 5.32 Å². The number of aryl methyl sites for hydroxylation is 1. The molecule has 0 aliphatic heterocycles. The van der Waals surface area contributed by atoms with Crippen molar-refractivity contribution in [3.8, 4) is 0 Å². The number of rotatable bonds is 3. The number of nitrogens with zero attached hydrogens (tertiary/aromatic N) is 2. The Kier molecular flexibility index (Phi) is 3.11. The highest BCUT2D eigenvalue weighted by molar-refractivity contribution is 5.95. The van der Waals surface area contributed by atoms with Crippen LogP contribution in [0.1, 0.15) is 48.7 Å². The number of nitrogens with one attached hydrogen (secondary N) is 1. The molecule has 1 N–H and O–H groups in total. The summed E-state index contributed by atoms with van der Waals surface area (Å²) in [5, 5.41) is 7.32. The van der Waals surface area contributed by atoms with E-state index in [0.717, 1.165) is 17.5 Å². The van der Waals surface area contributed by atoms with Crippen LogP contribution in [-0.2, 0) is 7.05 Å². The van der Waals surface area contributed by atoms with Gasteiger partial charge >= 0.3 is 0 Å². The maximum atomic E-state index is 12.3. The smallest absolute Gasteiger partial charge is 0.254 e. The predicted octanol–water partition coefficient (Wildman–Crippen LogP) is 2.28. The van der Waals surface area contributed by atoms with Crippen molar-refractivity contribution in [2.45, 2.75) is 45.6 Å². The predicted molar refractivity (Wildman–Crippen MR) is 73.8 cm³/mol. The van der Waals surface area contributed by atoms with E-state index in [1.807, 2.05) is 14.0 Å². The lowest BCUT2D eigenvalue weighted by Gasteiger charge is -2.28. The quantitative estimate of drug-likeness (QED) is 0.907. The van der Waals surface area contributed by atoms with Gasteiger partial charge in [0.25, 0.3) is 5.91 Å². The third-order valence-electron chi connectivity index (χ3n) is 5.27. The minimum absolute atomic E-state index is 0.0286. The normalized spacial score (nSPS) is 30.6. The Morgan fingerprint density at radius 3 is 2.79 bits per heavy atom. The highest BCUT2D eigenvalue weighted by atomic mass is 16.1. The van der Waals surface area contributed by atoms with Crippen molar-refractivity contribution in [1.29, 1.82) is 0 Å². The number of hydrogen-bond donors (Lipinski definition) is 1. The van der Waals surface area contributed by atoms with Crippen molar-refractivity contribution in [3.63, 3.8) is 0 Å². The number of carbonyl (C=O) groups is 1. The Balaban J connectivity index is 1.65. The molecule has 2 aliphatic carbocycles. The largest absolute Gasteiger partial charge is 0.349 e. The second-order valence-corrected chi connectivity index (χ2v) is 6.37. The van der Waals surface area contributed by atoms with Gasteiger partial charge in [0.15, 0.2) is 0 Å². The van der Waals surface area contributed by atoms with Crippen LogP contribution in [0.2, 0.25) is 0 Å². The van der Waals surface area contributed by atoms with Gasteiger partial charge in [0.05, 0.1) is 11.8 Å². The van der Waals surface area contributed by atoms with E-state index in [-0.39, 0.29) is 11.9 Å². The first-order valence-electron chi connectivity index (χ1n) is 7.35. The fraction of sp³-hybridized carbons (Fsp3) is 0.733. The molecule has 1 heterocycles. The third kappa shape index (κ3) is 2.17. The molecule has 19 heavy (non-hydrogen) atoms. The summed E-state index contributed by atoms with van der Waals surface area (Å²) >= 11 is 0. The summed E-state index contributed by atoms with van der Waals surface area (Å²) < 4.78 is 1.75. The lowest BCUT2D eigenvalue weighted by atomic mass is 9.84. The molecule has 4 atom stereocenters. The Labute approximate surface area is 114 Å². The Morgan fingerprint density at radius 1 is 1.47 bits per heavy atom. The fourth-order valence-corrected chi connectivity index (χ4v) is 4.02. The summed E-state index contributed by atoms with van der Waals surface area (Å²) in [5.41, 5.74) is 1.63. The van der Waals surface area contributed by atoms with Crippen LogP contribution < -0.4 is 5.32 Å². The second-order valence-electron chi connectivity index (χ2n) is 6.37. The van der Waals surface area contributed by atoms with Gasteiger partial charge in [0.1, 0.15) is 0 Å². The first-order valence-corrected chi connectivity index (χ1v) is 7.35. The third-order valence-corrected chi connectivity index (χ3v) is 5.27. The molecule has 4 heteroatoms.